The quantitative estimate of drug-likeness (QED) is 0.116. The zero-order valence-corrected chi connectivity index (χ0v) is 22.8. The van der Waals surface area contributed by atoms with Gasteiger partial charge in [0.2, 0.25) is 0 Å². The lowest BCUT2D eigenvalue weighted by Crippen LogP contribution is -2.54. The summed E-state index contributed by atoms with van der Waals surface area (Å²) in [5, 5.41) is 2.27. The standard InChI is InChI=1S/C28H22FIN2O4S/c1-3-6-19-13-18(15-24(35-2)25(19)36-16-17-9-11-20(30)12-10-17)14-21-26(33)31-28(37)32(27(21)34)23-8-5-4-7-22(23)29/h3-5,7-15H,1,6,16H2,2H3,(H,31,33,37)/b21-14+. The molecule has 9 heteroatoms. The minimum absolute atomic E-state index is 0.0484. The van der Waals surface area contributed by atoms with Gasteiger partial charge in [-0.1, -0.05) is 30.3 Å². The molecule has 37 heavy (non-hydrogen) atoms. The van der Waals surface area contributed by atoms with Gasteiger partial charge in [-0.25, -0.2) is 9.29 Å². The summed E-state index contributed by atoms with van der Waals surface area (Å²) < 4.78 is 27.3. The lowest BCUT2D eigenvalue weighted by molar-refractivity contribution is -0.122. The number of carbonyl (C=O) groups excluding carboxylic acids is 2. The van der Waals surface area contributed by atoms with Crippen LogP contribution in [-0.4, -0.2) is 24.0 Å². The molecule has 1 saturated heterocycles. The summed E-state index contributed by atoms with van der Waals surface area (Å²) >= 11 is 7.40. The average Bonchev–Trinajstić information content (AvgIpc) is 2.88. The van der Waals surface area contributed by atoms with Crippen molar-refractivity contribution in [2.75, 3.05) is 12.0 Å². The van der Waals surface area contributed by atoms with E-state index in [0.717, 1.165) is 19.6 Å². The number of allylic oxidation sites excluding steroid dienone is 1. The summed E-state index contributed by atoms with van der Waals surface area (Å²) in [6.45, 7) is 4.15. The van der Waals surface area contributed by atoms with E-state index in [4.69, 9.17) is 21.7 Å². The maximum Gasteiger partial charge on any atom is 0.270 e. The lowest BCUT2D eigenvalue weighted by Gasteiger charge is -2.29. The molecular formula is C28H22FIN2O4S. The third-order valence-electron chi connectivity index (χ3n) is 5.54. The van der Waals surface area contributed by atoms with Crippen molar-refractivity contribution in [3.8, 4) is 11.5 Å². The fraction of sp³-hybridized carbons (Fsp3) is 0.107. The second-order valence-electron chi connectivity index (χ2n) is 8.03. The van der Waals surface area contributed by atoms with Gasteiger partial charge < -0.3 is 9.47 Å². The van der Waals surface area contributed by atoms with E-state index in [2.05, 4.69) is 34.5 Å². The van der Waals surface area contributed by atoms with Crippen molar-refractivity contribution in [1.29, 1.82) is 0 Å². The van der Waals surface area contributed by atoms with Crippen molar-refractivity contribution in [1.82, 2.24) is 5.32 Å². The van der Waals surface area contributed by atoms with Gasteiger partial charge in [0.25, 0.3) is 11.8 Å². The summed E-state index contributed by atoms with van der Waals surface area (Å²) in [5.74, 6) is -1.08. The number of methoxy groups -OCH3 is 1. The summed E-state index contributed by atoms with van der Waals surface area (Å²) in [4.78, 5) is 27.0. The molecule has 1 fully saturated rings. The monoisotopic (exact) mass is 628 g/mol. The molecule has 4 rings (SSSR count). The topological polar surface area (TPSA) is 67.9 Å². The summed E-state index contributed by atoms with van der Waals surface area (Å²) in [5.41, 5.74) is 2.03. The van der Waals surface area contributed by atoms with Crippen LogP contribution in [0.4, 0.5) is 10.1 Å². The lowest BCUT2D eigenvalue weighted by atomic mass is 10.0. The molecule has 0 radical (unpaired) electrons. The highest BCUT2D eigenvalue weighted by molar-refractivity contribution is 14.1. The first kappa shape index (κ1) is 26.5. The van der Waals surface area contributed by atoms with E-state index in [1.165, 1.54) is 31.4 Å². The molecule has 0 saturated carbocycles. The average molecular weight is 628 g/mol. The fourth-order valence-corrected chi connectivity index (χ4v) is 4.44. The van der Waals surface area contributed by atoms with Crippen LogP contribution in [0, 0.1) is 9.39 Å². The molecule has 1 N–H and O–H groups in total. The van der Waals surface area contributed by atoms with E-state index in [1.54, 1.807) is 24.3 Å². The minimum Gasteiger partial charge on any atom is -0.493 e. The Kier molecular flexibility index (Phi) is 8.34. The Labute approximate surface area is 232 Å². The molecule has 3 aromatic rings. The van der Waals surface area contributed by atoms with Gasteiger partial charge in [-0.05, 0) is 94.8 Å². The molecule has 0 atom stereocenters. The maximum atomic E-state index is 14.4. The molecule has 2 amide bonds. The minimum atomic E-state index is -0.734. The summed E-state index contributed by atoms with van der Waals surface area (Å²) in [7, 11) is 1.51. The number of hydrogen-bond acceptors (Lipinski definition) is 5. The fourth-order valence-electron chi connectivity index (χ4n) is 3.80. The number of amides is 2. The Bertz CT molecular complexity index is 1420. The van der Waals surface area contributed by atoms with Crippen LogP contribution >= 0.6 is 34.8 Å². The molecule has 3 aromatic carbocycles. The Balaban J connectivity index is 1.70. The van der Waals surface area contributed by atoms with Crippen LogP contribution in [0.2, 0.25) is 0 Å². The number of nitrogens with one attached hydrogen (secondary N) is 1. The van der Waals surface area contributed by atoms with E-state index in [9.17, 15) is 14.0 Å². The first-order chi connectivity index (χ1) is 17.8. The normalized spacial score (nSPS) is 14.5. The Hall–Kier alpha value is -3.57. The summed E-state index contributed by atoms with van der Waals surface area (Å²) in [6.07, 6.45) is 3.60. The Morgan fingerprint density at radius 2 is 1.86 bits per heavy atom. The van der Waals surface area contributed by atoms with Crippen LogP contribution in [0.25, 0.3) is 6.08 Å². The number of anilines is 1. The van der Waals surface area contributed by atoms with Gasteiger partial charge in [-0.15, -0.1) is 6.58 Å². The number of ether oxygens (including phenoxy) is 2. The van der Waals surface area contributed by atoms with Gasteiger partial charge in [0, 0.05) is 9.13 Å². The number of rotatable bonds is 8. The van der Waals surface area contributed by atoms with Gasteiger partial charge >= 0.3 is 0 Å². The third-order valence-corrected chi connectivity index (χ3v) is 6.54. The van der Waals surface area contributed by atoms with Crippen molar-refractivity contribution in [2.45, 2.75) is 13.0 Å². The van der Waals surface area contributed by atoms with Gasteiger partial charge in [0.15, 0.2) is 16.6 Å². The maximum absolute atomic E-state index is 14.4. The smallest absolute Gasteiger partial charge is 0.270 e. The van der Waals surface area contributed by atoms with Gasteiger partial charge in [-0.3, -0.25) is 14.9 Å². The highest BCUT2D eigenvalue weighted by Crippen LogP contribution is 2.35. The van der Waals surface area contributed by atoms with Crippen LogP contribution < -0.4 is 19.7 Å². The molecule has 6 nitrogen and oxygen atoms in total. The number of thiocarbonyl (C=S) groups is 1. The van der Waals surface area contributed by atoms with Crippen molar-refractivity contribution < 1.29 is 23.5 Å². The Morgan fingerprint density at radius 1 is 1.14 bits per heavy atom. The predicted octanol–water partition coefficient (Wildman–Crippen LogP) is 5.58. The molecule has 1 aliphatic heterocycles. The molecule has 1 heterocycles. The van der Waals surface area contributed by atoms with Crippen LogP contribution in [0.1, 0.15) is 16.7 Å². The van der Waals surface area contributed by atoms with Crippen molar-refractivity contribution in [3.05, 3.63) is 105 Å². The zero-order valence-electron chi connectivity index (χ0n) is 19.8. The highest BCUT2D eigenvalue weighted by atomic mass is 127. The molecule has 0 aliphatic carbocycles. The first-order valence-electron chi connectivity index (χ1n) is 11.2. The van der Waals surface area contributed by atoms with E-state index in [-0.39, 0.29) is 16.4 Å². The van der Waals surface area contributed by atoms with Gasteiger partial charge in [-0.2, -0.15) is 0 Å². The van der Waals surface area contributed by atoms with E-state index in [0.29, 0.717) is 30.1 Å². The number of para-hydroxylation sites is 1. The van der Waals surface area contributed by atoms with Crippen molar-refractivity contribution in [3.63, 3.8) is 0 Å². The highest BCUT2D eigenvalue weighted by Gasteiger charge is 2.35. The largest absolute Gasteiger partial charge is 0.493 e. The Morgan fingerprint density at radius 3 is 2.54 bits per heavy atom. The predicted molar refractivity (Wildman–Crippen MR) is 153 cm³/mol. The number of nitrogens with zero attached hydrogens (tertiary/aromatic N) is 1. The molecule has 0 spiro atoms. The van der Waals surface area contributed by atoms with Crippen LogP contribution in [-0.2, 0) is 22.6 Å². The second kappa shape index (κ2) is 11.7. The van der Waals surface area contributed by atoms with Crippen molar-refractivity contribution in [2.24, 2.45) is 0 Å². The molecule has 0 aromatic heterocycles. The molecule has 0 unspecified atom stereocenters. The molecule has 0 bridgehead atoms. The SMILES string of the molecule is C=CCc1cc(/C=C2\C(=O)NC(=S)N(c3ccccc3F)C2=O)cc(OC)c1OCc1ccc(I)cc1. The molecule has 1 aliphatic rings. The van der Waals surface area contributed by atoms with Crippen LogP contribution in [0.15, 0.2) is 78.9 Å². The van der Waals surface area contributed by atoms with E-state index >= 15 is 0 Å². The number of carbonyl (C=O) groups is 2. The van der Waals surface area contributed by atoms with Crippen molar-refractivity contribution >= 4 is 63.5 Å². The number of halogens is 2. The number of benzene rings is 3. The van der Waals surface area contributed by atoms with Crippen LogP contribution in [0.3, 0.4) is 0 Å². The van der Waals surface area contributed by atoms with Crippen LogP contribution in [0.5, 0.6) is 11.5 Å². The molecule has 188 valence electrons. The summed E-state index contributed by atoms with van der Waals surface area (Å²) in [6, 6.07) is 17.1. The zero-order chi connectivity index (χ0) is 26.5. The van der Waals surface area contributed by atoms with Gasteiger partial charge in [0.1, 0.15) is 18.0 Å². The second-order valence-corrected chi connectivity index (χ2v) is 9.66. The molecular weight excluding hydrogens is 606 g/mol. The first-order valence-corrected chi connectivity index (χ1v) is 12.7. The van der Waals surface area contributed by atoms with E-state index in [1.807, 2.05) is 24.3 Å². The third kappa shape index (κ3) is 5.89. The number of hydrogen-bond donors (Lipinski definition) is 1. The van der Waals surface area contributed by atoms with Gasteiger partial charge in [0.05, 0.1) is 12.8 Å². The van der Waals surface area contributed by atoms with E-state index < -0.39 is 17.6 Å².